The van der Waals surface area contributed by atoms with Gasteiger partial charge in [-0.1, -0.05) is 23.9 Å². The van der Waals surface area contributed by atoms with Crippen molar-refractivity contribution in [3.63, 3.8) is 0 Å². The van der Waals surface area contributed by atoms with Crippen LogP contribution in [-0.4, -0.2) is 25.7 Å². The monoisotopic (exact) mass is 324 g/mol. The van der Waals surface area contributed by atoms with Crippen LogP contribution >= 0.6 is 11.8 Å². The van der Waals surface area contributed by atoms with Gasteiger partial charge < -0.3 is 14.8 Å². The van der Waals surface area contributed by atoms with Crippen LogP contribution in [0.5, 0.6) is 0 Å². The standard InChI is InChI=1S/C14H13FN2O4S/c15-11-3-1-9(2-4-11)8-22-14-16-13(21)10(7-18)5-17(14)6-12(19)20/h1-5,18H,6-8H2,(H,19,20). The number of nitrogens with zero attached hydrogens (tertiary/aromatic N) is 2. The van der Waals surface area contributed by atoms with Crippen molar-refractivity contribution in [1.29, 1.82) is 0 Å². The number of hydrogen-bond acceptors (Lipinski definition) is 5. The highest BCUT2D eigenvalue weighted by molar-refractivity contribution is 7.98. The Hall–Kier alpha value is -2.19. The van der Waals surface area contributed by atoms with Gasteiger partial charge in [-0.15, -0.1) is 0 Å². The molecule has 22 heavy (non-hydrogen) atoms. The van der Waals surface area contributed by atoms with E-state index in [0.29, 0.717) is 5.75 Å². The van der Waals surface area contributed by atoms with Gasteiger partial charge in [0, 0.05) is 11.9 Å². The van der Waals surface area contributed by atoms with Crippen LogP contribution in [0.2, 0.25) is 0 Å². The number of carbonyl (C=O) groups is 1. The molecule has 8 heteroatoms. The first-order valence-corrected chi connectivity index (χ1v) is 7.28. The highest BCUT2D eigenvalue weighted by Crippen LogP contribution is 2.20. The maximum Gasteiger partial charge on any atom is 0.323 e. The zero-order valence-electron chi connectivity index (χ0n) is 11.4. The molecule has 0 amide bonds. The number of rotatable bonds is 6. The normalized spacial score (nSPS) is 10.6. The lowest BCUT2D eigenvalue weighted by molar-refractivity contribution is -0.137. The molecule has 1 aromatic heterocycles. The summed E-state index contributed by atoms with van der Waals surface area (Å²) in [6.07, 6.45) is 1.29. The van der Waals surface area contributed by atoms with Gasteiger partial charge in [-0.2, -0.15) is 4.98 Å². The highest BCUT2D eigenvalue weighted by atomic mass is 32.2. The summed E-state index contributed by atoms with van der Waals surface area (Å²) in [5, 5.41) is 18.2. The van der Waals surface area contributed by atoms with Crippen LogP contribution in [0.15, 0.2) is 40.4 Å². The van der Waals surface area contributed by atoms with E-state index in [4.69, 9.17) is 10.2 Å². The Bertz CT molecular complexity index is 731. The molecule has 0 bridgehead atoms. The molecule has 0 spiro atoms. The molecular weight excluding hydrogens is 311 g/mol. The molecule has 116 valence electrons. The molecule has 0 aliphatic rings. The molecule has 0 saturated heterocycles. The fraction of sp³-hybridized carbons (Fsp3) is 0.214. The van der Waals surface area contributed by atoms with E-state index in [0.717, 1.165) is 5.56 Å². The number of thioether (sulfide) groups is 1. The summed E-state index contributed by atoms with van der Waals surface area (Å²) < 4.78 is 14.1. The summed E-state index contributed by atoms with van der Waals surface area (Å²) in [7, 11) is 0. The lowest BCUT2D eigenvalue weighted by Gasteiger charge is -2.11. The van der Waals surface area contributed by atoms with Gasteiger partial charge in [0.25, 0.3) is 5.56 Å². The number of halogens is 1. The molecule has 2 rings (SSSR count). The Kier molecular flexibility index (Phi) is 5.29. The van der Waals surface area contributed by atoms with Crippen LogP contribution in [0.25, 0.3) is 0 Å². The highest BCUT2D eigenvalue weighted by Gasteiger charge is 2.11. The minimum atomic E-state index is -1.09. The van der Waals surface area contributed by atoms with Crippen LogP contribution in [0, 0.1) is 5.82 Å². The lowest BCUT2D eigenvalue weighted by Crippen LogP contribution is -2.21. The van der Waals surface area contributed by atoms with E-state index < -0.39 is 18.1 Å². The molecule has 0 radical (unpaired) electrons. The fourth-order valence-corrected chi connectivity index (χ4v) is 2.65. The summed E-state index contributed by atoms with van der Waals surface area (Å²) in [5.74, 6) is -1.02. The number of carboxylic acid groups (broad SMARTS) is 1. The van der Waals surface area contributed by atoms with Crippen molar-refractivity contribution in [1.82, 2.24) is 9.55 Å². The van der Waals surface area contributed by atoms with Gasteiger partial charge in [-0.25, -0.2) is 4.39 Å². The van der Waals surface area contributed by atoms with E-state index in [2.05, 4.69) is 4.98 Å². The van der Waals surface area contributed by atoms with Crippen LogP contribution in [0.4, 0.5) is 4.39 Å². The molecule has 2 N–H and O–H groups in total. The Morgan fingerprint density at radius 2 is 2.00 bits per heavy atom. The second-order valence-corrected chi connectivity index (χ2v) is 5.39. The van der Waals surface area contributed by atoms with Crippen molar-refractivity contribution < 1.29 is 19.4 Å². The van der Waals surface area contributed by atoms with Crippen molar-refractivity contribution in [2.45, 2.75) is 24.1 Å². The van der Waals surface area contributed by atoms with E-state index in [1.165, 1.54) is 34.7 Å². The summed E-state index contributed by atoms with van der Waals surface area (Å²) in [6, 6.07) is 5.85. The van der Waals surface area contributed by atoms with Crippen LogP contribution in [-0.2, 0) is 23.7 Å². The van der Waals surface area contributed by atoms with Gasteiger partial charge >= 0.3 is 5.97 Å². The molecule has 0 atom stereocenters. The number of hydrogen-bond donors (Lipinski definition) is 2. The van der Waals surface area contributed by atoms with Gasteiger partial charge in [0.15, 0.2) is 5.16 Å². The number of carboxylic acids is 1. The topological polar surface area (TPSA) is 92.4 Å². The minimum absolute atomic E-state index is 0.0346. The van der Waals surface area contributed by atoms with E-state index in [1.807, 2.05) is 0 Å². The molecule has 1 aromatic carbocycles. The fourth-order valence-electron chi connectivity index (χ4n) is 1.73. The summed E-state index contributed by atoms with van der Waals surface area (Å²) in [5.41, 5.74) is 0.256. The number of aromatic nitrogens is 2. The number of aliphatic hydroxyl groups excluding tert-OH is 1. The van der Waals surface area contributed by atoms with Crippen LogP contribution in [0.1, 0.15) is 11.1 Å². The number of aliphatic carboxylic acids is 1. The first kappa shape index (κ1) is 16.2. The Balaban J connectivity index is 2.24. The molecule has 1 heterocycles. The summed E-state index contributed by atoms with van der Waals surface area (Å²) in [4.78, 5) is 26.3. The zero-order valence-corrected chi connectivity index (χ0v) is 12.2. The number of benzene rings is 1. The Morgan fingerprint density at radius 1 is 1.32 bits per heavy atom. The van der Waals surface area contributed by atoms with Crippen molar-refractivity contribution in [3.8, 4) is 0 Å². The third-order valence-corrected chi connectivity index (χ3v) is 3.85. The van der Waals surface area contributed by atoms with Crippen LogP contribution < -0.4 is 5.56 Å². The van der Waals surface area contributed by atoms with Crippen molar-refractivity contribution >= 4 is 17.7 Å². The minimum Gasteiger partial charge on any atom is -0.480 e. The molecular formula is C14H13FN2O4S. The van der Waals surface area contributed by atoms with Gasteiger partial charge in [-0.05, 0) is 17.7 Å². The lowest BCUT2D eigenvalue weighted by atomic mass is 10.2. The quantitative estimate of drug-likeness (QED) is 0.614. The first-order chi connectivity index (χ1) is 10.5. The maximum absolute atomic E-state index is 12.8. The van der Waals surface area contributed by atoms with Gasteiger partial charge in [0.05, 0.1) is 12.2 Å². The molecule has 6 nitrogen and oxygen atoms in total. The average molecular weight is 324 g/mol. The largest absolute Gasteiger partial charge is 0.480 e. The van der Waals surface area contributed by atoms with Crippen LogP contribution in [0.3, 0.4) is 0 Å². The molecule has 0 fully saturated rings. The Labute approximate surface area is 129 Å². The van der Waals surface area contributed by atoms with E-state index in [1.54, 1.807) is 12.1 Å². The second-order valence-electron chi connectivity index (χ2n) is 4.45. The number of aliphatic hydroxyl groups is 1. The molecule has 0 aliphatic heterocycles. The first-order valence-electron chi connectivity index (χ1n) is 6.30. The van der Waals surface area contributed by atoms with Gasteiger partial charge in [0.2, 0.25) is 0 Å². The second kappa shape index (κ2) is 7.19. The molecule has 0 aliphatic carbocycles. The van der Waals surface area contributed by atoms with Crippen molar-refractivity contribution in [3.05, 3.63) is 57.8 Å². The molecule has 0 unspecified atom stereocenters. The third kappa shape index (κ3) is 4.15. The smallest absolute Gasteiger partial charge is 0.323 e. The summed E-state index contributed by atoms with van der Waals surface area (Å²) >= 11 is 1.17. The zero-order chi connectivity index (χ0) is 16.1. The van der Waals surface area contributed by atoms with E-state index in [9.17, 15) is 14.0 Å². The van der Waals surface area contributed by atoms with Gasteiger partial charge in [-0.3, -0.25) is 9.59 Å². The van der Waals surface area contributed by atoms with Gasteiger partial charge in [0.1, 0.15) is 12.4 Å². The maximum atomic E-state index is 12.8. The summed E-state index contributed by atoms with van der Waals surface area (Å²) in [6.45, 7) is -0.875. The van der Waals surface area contributed by atoms with E-state index >= 15 is 0 Å². The molecule has 2 aromatic rings. The predicted octanol–water partition coefficient (Wildman–Crippen LogP) is 1.25. The molecule has 0 saturated carbocycles. The third-order valence-electron chi connectivity index (χ3n) is 2.79. The predicted molar refractivity (Wildman–Crippen MR) is 78.0 cm³/mol. The SMILES string of the molecule is O=C(O)Cn1cc(CO)c(=O)nc1SCc1ccc(F)cc1. The van der Waals surface area contributed by atoms with Crippen molar-refractivity contribution in [2.75, 3.05) is 0 Å². The average Bonchev–Trinajstić information content (AvgIpc) is 2.48. The van der Waals surface area contributed by atoms with Crippen molar-refractivity contribution in [2.24, 2.45) is 0 Å². The van der Waals surface area contributed by atoms with E-state index in [-0.39, 0.29) is 23.1 Å². The Morgan fingerprint density at radius 3 is 2.59 bits per heavy atom.